The van der Waals surface area contributed by atoms with Crippen LogP contribution in [-0.2, 0) is 0 Å². The zero-order valence-corrected chi connectivity index (χ0v) is 30.1. The first-order valence-corrected chi connectivity index (χ1v) is 21.1. The van der Waals surface area contributed by atoms with Crippen LogP contribution in [0.4, 0.5) is 0 Å². The second-order valence-corrected chi connectivity index (χ2v) is 14.9. The predicted octanol–water partition coefficient (Wildman–Crippen LogP) is 15.8. The van der Waals surface area contributed by atoms with Crippen LogP contribution in [0.1, 0.15) is 245 Å². The Bertz CT molecular complexity index is 381. The van der Waals surface area contributed by atoms with E-state index in [2.05, 4.69) is 25.6 Å². The maximum absolute atomic E-state index is 2.31. The first-order chi connectivity index (χ1) is 20.4. The fourth-order valence-electron chi connectivity index (χ4n) is 6.31. The summed E-state index contributed by atoms with van der Waals surface area (Å²) in [7, 11) is 0. The number of hydrogen-bond donors (Lipinski definition) is 0. The predicted molar refractivity (Wildman–Crippen MR) is 195 cm³/mol. The van der Waals surface area contributed by atoms with Crippen molar-refractivity contribution in [3.8, 4) is 0 Å². The van der Waals surface area contributed by atoms with Gasteiger partial charge in [0.05, 0.1) is 0 Å². The highest BCUT2D eigenvalue weighted by Gasteiger charge is 1.97. The van der Waals surface area contributed by atoms with Crippen LogP contribution in [0.2, 0.25) is 0 Å². The van der Waals surface area contributed by atoms with Crippen molar-refractivity contribution in [2.75, 3.05) is 11.5 Å². The summed E-state index contributed by atoms with van der Waals surface area (Å²) in [5.74, 6) is 2.83. The summed E-state index contributed by atoms with van der Waals surface area (Å²) >= 11 is 2.23. The van der Waals surface area contributed by atoms with Crippen LogP contribution in [0.15, 0.2) is 0 Å². The van der Waals surface area contributed by atoms with Crippen molar-refractivity contribution in [3.63, 3.8) is 0 Å². The Morgan fingerprint density at radius 3 is 0.512 bits per heavy atom. The van der Waals surface area contributed by atoms with Crippen molar-refractivity contribution in [3.05, 3.63) is 0 Å². The van der Waals surface area contributed by atoms with Crippen molar-refractivity contribution in [2.45, 2.75) is 245 Å². The lowest BCUT2D eigenvalue weighted by atomic mass is 10.0. The molecule has 248 valence electrons. The average Bonchev–Trinajstić information content (AvgIpc) is 2.98. The molecule has 0 amide bonds. The third-order valence-corrected chi connectivity index (χ3v) is 10.4. The molecule has 0 atom stereocenters. The van der Waals surface area contributed by atoms with Crippen molar-refractivity contribution in [2.24, 2.45) is 0 Å². The Labute approximate surface area is 267 Å². The molecule has 0 aliphatic rings. The van der Waals surface area contributed by atoms with Crippen LogP contribution >= 0.6 is 11.8 Å². The minimum Gasteiger partial charge on any atom is -0.162 e. The second-order valence-electron chi connectivity index (χ2n) is 13.6. The summed E-state index contributed by atoms with van der Waals surface area (Å²) in [6.45, 7) is 4.62. The van der Waals surface area contributed by atoms with Crippen molar-refractivity contribution in [1.29, 1.82) is 0 Å². The third-order valence-electron chi connectivity index (χ3n) is 9.28. The fraction of sp³-hybridized carbons (Fsp3) is 1.00. The van der Waals surface area contributed by atoms with Gasteiger partial charge < -0.3 is 0 Å². The fourth-order valence-corrected chi connectivity index (χ4v) is 7.33. The van der Waals surface area contributed by atoms with E-state index in [0.717, 1.165) is 0 Å². The Balaban J connectivity index is 3.02. The maximum Gasteiger partial charge on any atom is -0.00675 e. The van der Waals surface area contributed by atoms with E-state index in [-0.39, 0.29) is 0 Å². The van der Waals surface area contributed by atoms with Crippen LogP contribution in [0.25, 0.3) is 0 Å². The summed E-state index contributed by atoms with van der Waals surface area (Å²) < 4.78 is 0. The average molecular weight is 595 g/mol. The molecule has 41 heavy (non-hydrogen) atoms. The van der Waals surface area contributed by atoms with Gasteiger partial charge in [-0.2, -0.15) is 11.8 Å². The lowest BCUT2D eigenvalue weighted by molar-refractivity contribution is 0.520. The molecule has 1 heteroatoms. The van der Waals surface area contributed by atoms with Gasteiger partial charge in [0.15, 0.2) is 0 Å². The molecular formula is C40H82S. The van der Waals surface area contributed by atoms with Gasteiger partial charge in [-0.3, -0.25) is 0 Å². The Hall–Kier alpha value is 0.350. The van der Waals surface area contributed by atoms with E-state index in [1.54, 1.807) is 0 Å². The van der Waals surface area contributed by atoms with Gasteiger partial charge in [-0.15, -0.1) is 0 Å². The minimum atomic E-state index is 1.37. The first-order valence-electron chi connectivity index (χ1n) is 20.0. The molecule has 0 bridgehead atoms. The highest BCUT2D eigenvalue weighted by atomic mass is 32.2. The molecule has 0 rings (SSSR count). The molecule has 0 aromatic heterocycles. The molecule has 0 heterocycles. The first kappa shape index (κ1) is 41.4. The van der Waals surface area contributed by atoms with Crippen LogP contribution in [0.3, 0.4) is 0 Å². The standard InChI is InChI=1S/C40H82S/c1-3-5-7-9-11-13-15-17-19-20-21-22-23-24-25-26-28-30-32-34-36-38-40-41-39-37-35-33-31-29-27-18-16-14-12-10-8-6-4-2/h3-40H2,1-2H3. The molecule has 0 saturated heterocycles. The van der Waals surface area contributed by atoms with Crippen LogP contribution < -0.4 is 0 Å². The lowest BCUT2D eigenvalue weighted by Crippen LogP contribution is -1.87. The van der Waals surface area contributed by atoms with Gasteiger partial charge in [-0.1, -0.05) is 232 Å². The smallest absolute Gasteiger partial charge is 0.00675 e. The maximum atomic E-state index is 2.31. The van der Waals surface area contributed by atoms with Gasteiger partial charge in [0.2, 0.25) is 0 Å². The molecule has 0 radical (unpaired) electrons. The largest absolute Gasteiger partial charge is 0.162 e. The van der Waals surface area contributed by atoms with Gasteiger partial charge in [-0.05, 0) is 24.3 Å². The molecule has 0 aliphatic carbocycles. The van der Waals surface area contributed by atoms with Gasteiger partial charge in [0, 0.05) is 0 Å². The zero-order valence-electron chi connectivity index (χ0n) is 29.3. The molecular weight excluding hydrogens is 513 g/mol. The molecule has 0 nitrogen and oxygen atoms in total. The van der Waals surface area contributed by atoms with Crippen molar-refractivity contribution >= 4 is 11.8 Å². The molecule has 0 aromatic carbocycles. The van der Waals surface area contributed by atoms with Crippen LogP contribution in [0, 0.1) is 0 Å². The summed E-state index contributed by atoms with van der Waals surface area (Å²) in [5.41, 5.74) is 0. The summed E-state index contributed by atoms with van der Waals surface area (Å²) in [6.07, 6.45) is 53.2. The van der Waals surface area contributed by atoms with E-state index in [9.17, 15) is 0 Å². The molecule has 0 saturated carbocycles. The van der Waals surface area contributed by atoms with Crippen molar-refractivity contribution in [1.82, 2.24) is 0 Å². The van der Waals surface area contributed by atoms with Gasteiger partial charge in [0.25, 0.3) is 0 Å². The number of thioether (sulfide) groups is 1. The summed E-state index contributed by atoms with van der Waals surface area (Å²) in [5, 5.41) is 0. The normalized spacial score (nSPS) is 11.6. The SMILES string of the molecule is CCCCCCCCCCCCCCCCCCCCCCCCSCCCCCCCCCCCCCCCC. The lowest BCUT2D eigenvalue weighted by Gasteiger charge is -2.05. The zero-order chi connectivity index (χ0) is 29.6. The van der Waals surface area contributed by atoms with Crippen molar-refractivity contribution < 1.29 is 0 Å². The highest BCUT2D eigenvalue weighted by Crippen LogP contribution is 2.17. The third kappa shape index (κ3) is 40.4. The van der Waals surface area contributed by atoms with E-state index in [0.29, 0.717) is 0 Å². The van der Waals surface area contributed by atoms with E-state index >= 15 is 0 Å². The molecule has 0 aromatic rings. The molecule has 0 fully saturated rings. The molecule has 0 spiro atoms. The van der Waals surface area contributed by atoms with E-state index in [4.69, 9.17) is 0 Å². The Morgan fingerprint density at radius 2 is 0.341 bits per heavy atom. The summed E-state index contributed by atoms with van der Waals surface area (Å²) in [6, 6.07) is 0. The Kier molecular flexibility index (Phi) is 40.7. The van der Waals surface area contributed by atoms with Crippen LogP contribution in [-0.4, -0.2) is 11.5 Å². The molecule has 0 aliphatic heterocycles. The monoisotopic (exact) mass is 595 g/mol. The van der Waals surface area contributed by atoms with Gasteiger partial charge in [-0.25, -0.2) is 0 Å². The number of rotatable bonds is 38. The van der Waals surface area contributed by atoms with E-state index in [1.165, 1.54) is 243 Å². The topological polar surface area (TPSA) is 0 Å². The highest BCUT2D eigenvalue weighted by molar-refractivity contribution is 7.99. The Morgan fingerprint density at radius 1 is 0.195 bits per heavy atom. The van der Waals surface area contributed by atoms with Crippen LogP contribution in [0.5, 0.6) is 0 Å². The minimum absolute atomic E-state index is 1.37. The molecule has 0 N–H and O–H groups in total. The number of hydrogen-bond acceptors (Lipinski definition) is 1. The summed E-state index contributed by atoms with van der Waals surface area (Å²) in [4.78, 5) is 0. The van der Waals surface area contributed by atoms with Gasteiger partial charge >= 0.3 is 0 Å². The second kappa shape index (κ2) is 40.4. The quantitative estimate of drug-likeness (QED) is 0.0641. The molecule has 0 unspecified atom stereocenters. The van der Waals surface area contributed by atoms with Gasteiger partial charge in [0.1, 0.15) is 0 Å². The van der Waals surface area contributed by atoms with E-state index < -0.39 is 0 Å². The van der Waals surface area contributed by atoms with E-state index in [1.807, 2.05) is 0 Å². The number of unbranched alkanes of at least 4 members (excludes halogenated alkanes) is 34.